The molecule has 1 amide bonds. The Balaban J connectivity index is 1.41. The molecule has 0 aliphatic carbocycles. The summed E-state index contributed by atoms with van der Waals surface area (Å²) in [7, 11) is 0. The molecule has 0 atom stereocenters. The summed E-state index contributed by atoms with van der Waals surface area (Å²) in [4.78, 5) is 11.9. The standard InChI is InChI=1S/C22H21N3O2/c26-22(25-20-9-5-2-6-10-20)17-27-21-13-11-19(12-14-21)16-24-23-15-18-7-3-1-4-8-18/h1-14,16,23H,15,17H2,(H,25,26). The number of benzene rings is 3. The lowest BCUT2D eigenvalue weighted by Crippen LogP contribution is -2.20. The number of carbonyl (C=O) groups is 1. The summed E-state index contributed by atoms with van der Waals surface area (Å²) < 4.78 is 5.51. The van der Waals surface area contributed by atoms with Gasteiger partial charge >= 0.3 is 0 Å². The monoisotopic (exact) mass is 359 g/mol. The van der Waals surface area contributed by atoms with E-state index in [-0.39, 0.29) is 12.5 Å². The molecule has 3 aromatic rings. The summed E-state index contributed by atoms with van der Waals surface area (Å²) in [5, 5.41) is 6.99. The third kappa shape index (κ3) is 6.32. The van der Waals surface area contributed by atoms with Gasteiger partial charge in [0.2, 0.25) is 0 Å². The number of hydrogen-bond acceptors (Lipinski definition) is 4. The number of anilines is 1. The highest BCUT2D eigenvalue weighted by molar-refractivity contribution is 5.91. The van der Waals surface area contributed by atoms with Crippen LogP contribution in [0.15, 0.2) is 90.0 Å². The molecule has 5 heteroatoms. The van der Waals surface area contributed by atoms with Crippen LogP contribution in [0.25, 0.3) is 0 Å². The van der Waals surface area contributed by atoms with Crippen molar-refractivity contribution in [1.82, 2.24) is 5.43 Å². The molecule has 3 rings (SSSR count). The molecule has 0 spiro atoms. The van der Waals surface area contributed by atoms with Crippen molar-refractivity contribution in [2.45, 2.75) is 6.54 Å². The van der Waals surface area contributed by atoms with Crippen molar-refractivity contribution >= 4 is 17.8 Å². The Hall–Kier alpha value is -3.60. The van der Waals surface area contributed by atoms with Crippen LogP contribution in [-0.4, -0.2) is 18.7 Å². The summed E-state index contributed by atoms with van der Waals surface area (Å²) in [6.45, 7) is 0.635. The minimum Gasteiger partial charge on any atom is -0.484 e. The molecule has 136 valence electrons. The molecular formula is C22H21N3O2. The van der Waals surface area contributed by atoms with E-state index in [0.717, 1.165) is 11.3 Å². The molecule has 2 N–H and O–H groups in total. The largest absolute Gasteiger partial charge is 0.484 e. The first kappa shape index (κ1) is 18.2. The van der Waals surface area contributed by atoms with Crippen molar-refractivity contribution < 1.29 is 9.53 Å². The molecule has 0 fully saturated rings. The van der Waals surface area contributed by atoms with E-state index in [9.17, 15) is 4.79 Å². The number of carbonyl (C=O) groups excluding carboxylic acids is 1. The van der Waals surface area contributed by atoms with Crippen LogP contribution in [0.3, 0.4) is 0 Å². The maximum Gasteiger partial charge on any atom is 0.262 e. The van der Waals surface area contributed by atoms with E-state index in [0.29, 0.717) is 12.3 Å². The lowest BCUT2D eigenvalue weighted by Gasteiger charge is -2.07. The average molecular weight is 359 g/mol. The summed E-state index contributed by atoms with van der Waals surface area (Å²) in [5.41, 5.74) is 5.88. The normalized spacial score (nSPS) is 10.5. The van der Waals surface area contributed by atoms with Crippen molar-refractivity contribution in [1.29, 1.82) is 0 Å². The zero-order valence-electron chi connectivity index (χ0n) is 14.8. The molecular weight excluding hydrogens is 338 g/mol. The summed E-state index contributed by atoms with van der Waals surface area (Å²) in [5.74, 6) is 0.435. The van der Waals surface area contributed by atoms with Crippen LogP contribution in [0.1, 0.15) is 11.1 Å². The summed E-state index contributed by atoms with van der Waals surface area (Å²) >= 11 is 0. The van der Waals surface area contributed by atoms with Crippen molar-refractivity contribution in [3.8, 4) is 5.75 Å². The number of nitrogens with one attached hydrogen (secondary N) is 2. The Labute approximate surface area is 158 Å². The minimum atomic E-state index is -0.197. The molecule has 0 unspecified atom stereocenters. The van der Waals surface area contributed by atoms with Crippen molar-refractivity contribution in [3.63, 3.8) is 0 Å². The average Bonchev–Trinajstić information content (AvgIpc) is 2.72. The molecule has 0 saturated heterocycles. The molecule has 3 aromatic carbocycles. The topological polar surface area (TPSA) is 62.7 Å². The van der Waals surface area contributed by atoms with Crippen LogP contribution < -0.4 is 15.5 Å². The van der Waals surface area contributed by atoms with Crippen LogP contribution >= 0.6 is 0 Å². The van der Waals surface area contributed by atoms with Crippen molar-refractivity contribution in [2.75, 3.05) is 11.9 Å². The number of nitrogens with zero attached hydrogens (tertiary/aromatic N) is 1. The van der Waals surface area contributed by atoms with E-state index in [1.54, 1.807) is 6.21 Å². The fourth-order valence-corrected chi connectivity index (χ4v) is 2.37. The Bertz CT molecular complexity index is 863. The van der Waals surface area contributed by atoms with Gasteiger partial charge in [0.05, 0.1) is 12.8 Å². The number of rotatable bonds is 8. The maximum atomic E-state index is 11.9. The van der Waals surface area contributed by atoms with Gasteiger partial charge in [0, 0.05) is 5.69 Å². The van der Waals surface area contributed by atoms with Gasteiger partial charge in [-0.2, -0.15) is 5.10 Å². The first-order chi connectivity index (χ1) is 13.3. The van der Waals surface area contributed by atoms with Crippen LogP contribution in [0, 0.1) is 0 Å². The van der Waals surface area contributed by atoms with E-state index >= 15 is 0 Å². The number of ether oxygens (including phenoxy) is 1. The molecule has 27 heavy (non-hydrogen) atoms. The van der Waals surface area contributed by atoms with Gasteiger partial charge < -0.3 is 15.5 Å². The zero-order valence-corrected chi connectivity index (χ0v) is 14.8. The molecule has 0 radical (unpaired) electrons. The van der Waals surface area contributed by atoms with Crippen LogP contribution in [0.5, 0.6) is 5.75 Å². The van der Waals surface area contributed by atoms with Gasteiger partial charge in [-0.25, -0.2) is 0 Å². The Morgan fingerprint density at radius 3 is 2.26 bits per heavy atom. The summed E-state index contributed by atoms with van der Waals surface area (Å²) in [6.07, 6.45) is 1.74. The van der Waals surface area contributed by atoms with Crippen LogP contribution in [-0.2, 0) is 11.3 Å². The predicted molar refractivity (Wildman–Crippen MR) is 108 cm³/mol. The van der Waals surface area contributed by atoms with E-state index in [1.165, 1.54) is 5.56 Å². The molecule has 0 aliphatic rings. The highest BCUT2D eigenvalue weighted by Crippen LogP contribution is 2.11. The van der Waals surface area contributed by atoms with Gasteiger partial charge in [-0.05, 0) is 47.5 Å². The van der Waals surface area contributed by atoms with Gasteiger partial charge in [-0.3, -0.25) is 4.79 Å². The van der Waals surface area contributed by atoms with Crippen LogP contribution in [0.2, 0.25) is 0 Å². The van der Waals surface area contributed by atoms with E-state index < -0.39 is 0 Å². The van der Waals surface area contributed by atoms with Gasteiger partial charge in [0.1, 0.15) is 5.75 Å². The zero-order chi connectivity index (χ0) is 18.7. The summed E-state index contributed by atoms with van der Waals surface area (Å²) in [6, 6.07) is 26.8. The fourth-order valence-electron chi connectivity index (χ4n) is 2.37. The first-order valence-corrected chi connectivity index (χ1v) is 8.67. The Kier molecular flexibility index (Phi) is 6.59. The van der Waals surface area contributed by atoms with Crippen molar-refractivity contribution in [3.05, 3.63) is 96.1 Å². The Morgan fingerprint density at radius 1 is 0.889 bits per heavy atom. The molecule has 5 nitrogen and oxygen atoms in total. The SMILES string of the molecule is O=C(COc1ccc(C=NNCc2ccccc2)cc1)Nc1ccccc1. The smallest absolute Gasteiger partial charge is 0.262 e. The molecule has 0 aromatic heterocycles. The molecule has 0 heterocycles. The van der Waals surface area contributed by atoms with Crippen LogP contribution in [0.4, 0.5) is 5.69 Å². The van der Waals surface area contributed by atoms with Crippen molar-refractivity contribution in [2.24, 2.45) is 5.10 Å². The highest BCUT2D eigenvalue weighted by Gasteiger charge is 2.03. The second-order valence-corrected chi connectivity index (χ2v) is 5.85. The van der Waals surface area contributed by atoms with Gasteiger partial charge in [-0.1, -0.05) is 48.5 Å². The third-order valence-electron chi connectivity index (χ3n) is 3.74. The van der Waals surface area contributed by atoms with Gasteiger partial charge in [0.25, 0.3) is 5.91 Å². The predicted octanol–water partition coefficient (Wildman–Crippen LogP) is 3.83. The molecule has 0 bridgehead atoms. The maximum absolute atomic E-state index is 11.9. The lowest BCUT2D eigenvalue weighted by atomic mass is 10.2. The Morgan fingerprint density at radius 2 is 1.56 bits per heavy atom. The minimum absolute atomic E-state index is 0.0407. The number of hydrazone groups is 1. The quantitative estimate of drug-likeness (QED) is 0.475. The molecule has 0 saturated carbocycles. The second-order valence-electron chi connectivity index (χ2n) is 5.85. The van der Waals surface area contributed by atoms with Gasteiger partial charge in [-0.15, -0.1) is 0 Å². The van der Waals surface area contributed by atoms with E-state index in [4.69, 9.17) is 4.74 Å². The second kappa shape index (κ2) is 9.77. The lowest BCUT2D eigenvalue weighted by molar-refractivity contribution is -0.118. The number of para-hydroxylation sites is 1. The first-order valence-electron chi connectivity index (χ1n) is 8.67. The number of hydrogen-bond donors (Lipinski definition) is 2. The van der Waals surface area contributed by atoms with Gasteiger partial charge in [0.15, 0.2) is 6.61 Å². The third-order valence-corrected chi connectivity index (χ3v) is 3.74. The highest BCUT2D eigenvalue weighted by atomic mass is 16.5. The van der Waals surface area contributed by atoms with E-state index in [2.05, 4.69) is 15.8 Å². The molecule has 0 aliphatic heterocycles. The van der Waals surface area contributed by atoms with E-state index in [1.807, 2.05) is 84.9 Å². The number of amides is 1. The fraction of sp³-hybridized carbons (Fsp3) is 0.0909.